The standard InChI is InChI=1S/C20H18N2O5/c1-25-13-8-10(9-14(26-2)19(13)27-3)16-15-17(22-20(24)21-16)11-6-4-5-7-12(11)18(15)23/h4-9,16H,1-3H3,(H2,21,22,24). The van der Waals surface area contributed by atoms with Crippen molar-refractivity contribution in [3.8, 4) is 17.2 Å². The molecule has 27 heavy (non-hydrogen) atoms. The summed E-state index contributed by atoms with van der Waals surface area (Å²) in [4.78, 5) is 25.3. The number of hydrogen-bond donors (Lipinski definition) is 2. The molecule has 0 bridgehead atoms. The predicted molar refractivity (Wildman–Crippen MR) is 98.2 cm³/mol. The van der Waals surface area contributed by atoms with Gasteiger partial charge in [0.2, 0.25) is 5.75 Å². The molecule has 2 amide bonds. The Balaban J connectivity index is 1.89. The molecule has 0 aromatic heterocycles. The molecule has 4 rings (SSSR count). The Morgan fingerprint density at radius 2 is 1.52 bits per heavy atom. The van der Waals surface area contributed by atoms with Crippen LogP contribution >= 0.6 is 0 Å². The van der Waals surface area contributed by atoms with Gasteiger partial charge in [-0.3, -0.25) is 4.79 Å². The van der Waals surface area contributed by atoms with E-state index in [9.17, 15) is 9.59 Å². The van der Waals surface area contributed by atoms with Gasteiger partial charge in [-0.2, -0.15) is 0 Å². The Hall–Kier alpha value is -3.48. The molecule has 2 aromatic carbocycles. The van der Waals surface area contributed by atoms with Crippen molar-refractivity contribution in [2.45, 2.75) is 6.04 Å². The Bertz CT molecular complexity index is 971. The van der Waals surface area contributed by atoms with E-state index < -0.39 is 6.04 Å². The Labute approximate surface area is 155 Å². The minimum atomic E-state index is -0.637. The van der Waals surface area contributed by atoms with Crippen molar-refractivity contribution in [2.24, 2.45) is 0 Å². The summed E-state index contributed by atoms with van der Waals surface area (Å²) in [5.74, 6) is 1.22. The Kier molecular flexibility index (Phi) is 3.99. The van der Waals surface area contributed by atoms with Crippen LogP contribution in [0.3, 0.4) is 0 Å². The molecule has 138 valence electrons. The zero-order chi connectivity index (χ0) is 19.1. The minimum absolute atomic E-state index is 0.119. The van der Waals surface area contributed by atoms with Gasteiger partial charge in [-0.15, -0.1) is 0 Å². The zero-order valence-electron chi connectivity index (χ0n) is 15.1. The maximum Gasteiger partial charge on any atom is 0.320 e. The molecule has 7 nitrogen and oxygen atoms in total. The van der Waals surface area contributed by atoms with E-state index in [1.165, 1.54) is 21.3 Å². The van der Waals surface area contributed by atoms with Crippen LogP contribution in [0.1, 0.15) is 27.5 Å². The van der Waals surface area contributed by atoms with Gasteiger partial charge in [0.15, 0.2) is 17.3 Å². The summed E-state index contributed by atoms with van der Waals surface area (Å²) >= 11 is 0. The summed E-state index contributed by atoms with van der Waals surface area (Å²) in [6, 6.07) is 9.68. The van der Waals surface area contributed by atoms with Gasteiger partial charge in [0.05, 0.1) is 38.6 Å². The highest BCUT2D eigenvalue weighted by atomic mass is 16.5. The van der Waals surface area contributed by atoms with Crippen LogP contribution in [0.5, 0.6) is 17.2 Å². The maximum atomic E-state index is 13.0. The molecule has 2 N–H and O–H groups in total. The van der Waals surface area contributed by atoms with Crippen LogP contribution in [0.2, 0.25) is 0 Å². The number of amides is 2. The number of ketones is 1. The largest absolute Gasteiger partial charge is 0.493 e. The highest BCUT2D eigenvalue weighted by Crippen LogP contribution is 2.44. The molecular weight excluding hydrogens is 348 g/mol. The number of carbonyl (C=O) groups is 2. The lowest BCUT2D eigenvalue weighted by molar-refractivity contribution is 0.103. The number of fused-ring (bicyclic) bond motifs is 2. The third-order valence-electron chi connectivity index (χ3n) is 4.78. The first-order valence-corrected chi connectivity index (χ1v) is 8.34. The summed E-state index contributed by atoms with van der Waals surface area (Å²) in [6.07, 6.45) is 0. The van der Waals surface area contributed by atoms with E-state index in [0.29, 0.717) is 39.6 Å². The van der Waals surface area contributed by atoms with Crippen LogP contribution in [0, 0.1) is 0 Å². The number of ether oxygens (including phenoxy) is 3. The first-order valence-electron chi connectivity index (χ1n) is 8.34. The average molecular weight is 366 g/mol. The molecule has 0 saturated heterocycles. The fraction of sp³-hybridized carbons (Fsp3) is 0.200. The SMILES string of the molecule is COc1cc(C2NC(=O)NC3=C2C(=O)c2ccccc23)cc(OC)c1OC. The van der Waals surface area contributed by atoms with Crippen molar-refractivity contribution in [1.82, 2.24) is 10.6 Å². The maximum absolute atomic E-state index is 13.0. The monoisotopic (exact) mass is 366 g/mol. The molecule has 7 heteroatoms. The minimum Gasteiger partial charge on any atom is -0.493 e. The number of Topliss-reactive ketones (excluding diaryl/α,β-unsaturated/α-hetero) is 1. The van der Waals surface area contributed by atoms with E-state index in [1.807, 2.05) is 12.1 Å². The molecule has 0 spiro atoms. The number of nitrogens with one attached hydrogen (secondary N) is 2. The third-order valence-corrected chi connectivity index (χ3v) is 4.78. The first kappa shape index (κ1) is 17.0. The second-order valence-corrected chi connectivity index (χ2v) is 6.15. The summed E-state index contributed by atoms with van der Waals surface area (Å²) in [5, 5.41) is 5.59. The van der Waals surface area contributed by atoms with Crippen molar-refractivity contribution >= 4 is 17.5 Å². The average Bonchev–Trinajstić information content (AvgIpc) is 2.98. The van der Waals surface area contributed by atoms with Crippen LogP contribution in [0.15, 0.2) is 42.0 Å². The molecule has 1 heterocycles. The summed E-state index contributed by atoms with van der Waals surface area (Å²) in [5.41, 5.74) is 2.99. The number of rotatable bonds is 4. The van der Waals surface area contributed by atoms with E-state index >= 15 is 0 Å². The van der Waals surface area contributed by atoms with Crippen molar-refractivity contribution in [3.63, 3.8) is 0 Å². The van der Waals surface area contributed by atoms with E-state index in [0.717, 1.165) is 5.56 Å². The molecule has 1 atom stereocenters. The fourth-order valence-corrected chi connectivity index (χ4v) is 3.58. The van der Waals surface area contributed by atoms with E-state index in [1.54, 1.807) is 24.3 Å². The lowest BCUT2D eigenvalue weighted by atomic mass is 9.94. The lowest BCUT2D eigenvalue weighted by Gasteiger charge is -2.27. The van der Waals surface area contributed by atoms with Crippen molar-refractivity contribution in [3.05, 3.63) is 58.7 Å². The number of urea groups is 1. The molecule has 2 aromatic rings. The van der Waals surface area contributed by atoms with Gasteiger partial charge in [-0.25, -0.2) is 4.79 Å². The summed E-state index contributed by atoms with van der Waals surface area (Å²) in [7, 11) is 4.55. The van der Waals surface area contributed by atoms with Crippen LogP contribution in [0.25, 0.3) is 5.70 Å². The van der Waals surface area contributed by atoms with Gasteiger partial charge in [0.1, 0.15) is 0 Å². The quantitative estimate of drug-likeness (QED) is 0.869. The van der Waals surface area contributed by atoms with Crippen molar-refractivity contribution in [2.75, 3.05) is 21.3 Å². The zero-order valence-corrected chi connectivity index (χ0v) is 15.1. The molecule has 1 aliphatic carbocycles. The van der Waals surface area contributed by atoms with Crippen molar-refractivity contribution in [1.29, 1.82) is 0 Å². The molecule has 0 radical (unpaired) electrons. The van der Waals surface area contributed by atoms with E-state index in [4.69, 9.17) is 14.2 Å². The third kappa shape index (κ3) is 2.51. The Morgan fingerprint density at radius 1 is 0.889 bits per heavy atom. The van der Waals surface area contributed by atoms with Gasteiger partial charge in [0.25, 0.3) is 0 Å². The summed E-state index contributed by atoms with van der Waals surface area (Å²) < 4.78 is 16.2. The number of benzene rings is 2. The predicted octanol–water partition coefficient (Wildman–Crippen LogP) is 2.67. The number of hydrogen-bond acceptors (Lipinski definition) is 5. The second-order valence-electron chi connectivity index (χ2n) is 6.15. The number of carbonyl (C=O) groups excluding carboxylic acids is 2. The molecular formula is C20H18N2O5. The highest BCUT2D eigenvalue weighted by Gasteiger charge is 2.40. The molecule has 1 aliphatic heterocycles. The van der Waals surface area contributed by atoms with Gasteiger partial charge in [-0.1, -0.05) is 24.3 Å². The number of methoxy groups -OCH3 is 3. The molecule has 0 saturated carbocycles. The highest BCUT2D eigenvalue weighted by molar-refractivity contribution is 6.23. The normalized spacial score (nSPS) is 17.7. The van der Waals surface area contributed by atoms with Gasteiger partial charge in [0, 0.05) is 11.1 Å². The topological polar surface area (TPSA) is 85.9 Å². The smallest absolute Gasteiger partial charge is 0.320 e. The van der Waals surface area contributed by atoms with Gasteiger partial charge in [-0.05, 0) is 17.7 Å². The summed E-state index contributed by atoms with van der Waals surface area (Å²) in [6.45, 7) is 0. The molecule has 2 aliphatic rings. The molecule has 0 fully saturated rings. The van der Waals surface area contributed by atoms with Gasteiger partial charge >= 0.3 is 6.03 Å². The van der Waals surface area contributed by atoms with E-state index in [2.05, 4.69) is 10.6 Å². The van der Waals surface area contributed by atoms with Crippen LogP contribution < -0.4 is 24.8 Å². The lowest BCUT2D eigenvalue weighted by Crippen LogP contribution is -2.43. The van der Waals surface area contributed by atoms with Gasteiger partial charge < -0.3 is 24.8 Å². The van der Waals surface area contributed by atoms with E-state index in [-0.39, 0.29) is 11.8 Å². The first-order chi connectivity index (χ1) is 13.1. The fourth-order valence-electron chi connectivity index (χ4n) is 3.58. The van der Waals surface area contributed by atoms with Crippen molar-refractivity contribution < 1.29 is 23.8 Å². The second kappa shape index (κ2) is 6.35. The van der Waals surface area contributed by atoms with Crippen LogP contribution in [0.4, 0.5) is 4.79 Å². The molecule has 1 unspecified atom stereocenters. The Morgan fingerprint density at radius 3 is 2.11 bits per heavy atom. The van der Waals surface area contributed by atoms with Crippen LogP contribution in [-0.4, -0.2) is 33.1 Å². The van der Waals surface area contributed by atoms with Crippen LogP contribution in [-0.2, 0) is 0 Å².